The Bertz CT molecular complexity index is 489. The first kappa shape index (κ1) is 13.8. The molecule has 20 heavy (non-hydrogen) atoms. The molecular weight excluding hydrogens is 264 g/mol. The Morgan fingerprint density at radius 3 is 2.75 bits per heavy atom. The molecule has 0 bridgehead atoms. The molecule has 1 aromatic carbocycles. The van der Waals surface area contributed by atoms with Crippen molar-refractivity contribution in [3.8, 4) is 0 Å². The zero-order chi connectivity index (χ0) is 13.6. The third-order valence-electron chi connectivity index (χ3n) is 3.94. The van der Waals surface area contributed by atoms with Crippen LogP contribution in [0.1, 0.15) is 35.7 Å². The molecule has 106 valence electrons. The second-order valence-electron chi connectivity index (χ2n) is 5.41. The van der Waals surface area contributed by atoms with Crippen molar-refractivity contribution < 1.29 is 0 Å². The number of hydrogen-bond donors (Lipinski definition) is 2. The highest BCUT2D eigenvalue weighted by atomic mass is 32.1. The first-order chi connectivity index (χ1) is 9.93. The summed E-state index contributed by atoms with van der Waals surface area (Å²) in [6.45, 7) is 2.21. The largest absolute Gasteiger partial charge is 0.313 e. The van der Waals surface area contributed by atoms with Crippen LogP contribution < -0.4 is 10.6 Å². The van der Waals surface area contributed by atoms with Gasteiger partial charge in [-0.3, -0.25) is 0 Å². The van der Waals surface area contributed by atoms with Crippen molar-refractivity contribution in [2.45, 2.75) is 31.3 Å². The van der Waals surface area contributed by atoms with E-state index < -0.39 is 0 Å². The van der Waals surface area contributed by atoms with Crippen LogP contribution in [0.5, 0.6) is 0 Å². The van der Waals surface area contributed by atoms with Crippen LogP contribution in [0.25, 0.3) is 0 Å². The molecule has 1 saturated heterocycles. The first-order valence-electron chi connectivity index (χ1n) is 7.48. The average molecular weight is 286 g/mol. The van der Waals surface area contributed by atoms with Crippen molar-refractivity contribution in [2.24, 2.45) is 0 Å². The number of rotatable bonds is 5. The standard InChI is InChI=1S/C17H22N2S/c1-2-7-14(8-3-1)17(16-10-6-12-20-16)19-13-15-9-4-5-11-18-15/h1-3,6-8,10,12,15,17-19H,4-5,9,11,13H2. The number of benzene rings is 1. The Morgan fingerprint density at radius 2 is 2.05 bits per heavy atom. The van der Waals surface area contributed by atoms with Gasteiger partial charge < -0.3 is 10.6 Å². The fourth-order valence-electron chi connectivity index (χ4n) is 2.84. The third-order valence-corrected chi connectivity index (χ3v) is 4.88. The Hall–Kier alpha value is -1.16. The quantitative estimate of drug-likeness (QED) is 0.878. The lowest BCUT2D eigenvalue weighted by atomic mass is 10.0. The van der Waals surface area contributed by atoms with Crippen molar-refractivity contribution in [1.29, 1.82) is 0 Å². The molecule has 2 heterocycles. The summed E-state index contributed by atoms with van der Waals surface area (Å²) >= 11 is 1.83. The van der Waals surface area contributed by atoms with Crippen LogP contribution in [0.15, 0.2) is 47.8 Å². The van der Waals surface area contributed by atoms with Crippen molar-refractivity contribution in [2.75, 3.05) is 13.1 Å². The lowest BCUT2D eigenvalue weighted by molar-refractivity contribution is 0.376. The van der Waals surface area contributed by atoms with Crippen molar-refractivity contribution in [3.05, 3.63) is 58.3 Å². The number of thiophene rings is 1. The van der Waals surface area contributed by atoms with Crippen molar-refractivity contribution >= 4 is 11.3 Å². The molecule has 2 N–H and O–H groups in total. The van der Waals surface area contributed by atoms with E-state index in [2.05, 4.69) is 58.5 Å². The predicted molar refractivity (Wildman–Crippen MR) is 86.2 cm³/mol. The predicted octanol–water partition coefficient (Wildman–Crippen LogP) is 3.57. The van der Waals surface area contributed by atoms with E-state index in [0.29, 0.717) is 12.1 Å². The summed E-state index contributed by atoms with van der Waals surface area (Å²) in [6, 6.07) is 16.1. The maximum absolute atomic E-state index is 3.76. The normalized spacial score (nSPS) is 20.7. The number of piperidine rings is 1. The summed E-state index contributed by atoms with van der Waals surface area (Å²) < 4.78 is 0. The van der Waals surface area contributed by atoms with Gasteiger partial charge in [0.25, 0.3) is 0 Å². The van der Waals surface area contributed by atoms with Gasteiger partial charge in [-0.15, -0.1) is 11.3 Å². The summed E-state index contributed by atoms with van der Waals surface area (Å²) in [4.78, 5) is 1.40. The summed E-state index contributed by atoms with van der Waals surface area (Å²) in [5, 5.41) is 9.53. The van der Waals surface area contributed by atoms with E-state index in [1.54, 1.807) is 0 Å². The zero-order valence-electron chi connectivity index (χ0n) is 11.7. The van der Waals surface area contributed by atoms with Crippen molar-refractivity contribution in [1.82, 2.24) is 10.6 Å². The van der Waals surface area contributed by atoms with Gasteiger partial charge in [0, 0.05) is 17.5 Å². The molecule has 1 aromatic heterocycles. The number of nitrogens with one attached hydrogen (secondary N) is 2. The fourth-order valence-corrected chi connectivity index (χ4v) is 3.67. The molecule has 1 fully saturated rings. The van der Waals surface area contributed by atoms with Crippen LogP contribution in [-0.2, 0) is 0 Å². The monoisotopic (exact) mass is 286 g/mol. The second-order valence-corrected chi connectivity index (χ2v) is 6.39. The molecule has 1 aliphatic heterocycles. The summed E-state index contributed by atoms with van der Waals surface area (Å²) in [5.74, 6) is 0. The SMILES string of the molecule is c1ccc(C(NCC2CCCCN2)c2cccs2)cc1. The van der Waals surface area contributed by atoms with Crippen LogP contribution in [0, 0.1) is 0 Å². The molecule has 2 nitrogen and oxygen atoms in total. The van der Waals surface area contributed by atoms with Gasteiger partial charge in [-0.2, -0.15) is 0 Å². The molecule has 3 rings (SSSR count). The van der Waals surface area contributed by atoms with Crippen LogP contribution in [-0.4, -0.2) is 19.1 Å². The topological polar surface area (TPSA) is 24.1 Å². The highest BCUT2D eigenvalue weighted by Crippen LogP contribution is 2.26. The molecule has 1 aliphatic rings. The lowest BCUT2D eigenvalue weighted by Gasteiger charge is -2.26. The highest BCUT2D eigenvalue weighted by Gasteiger charge is 2.18. The van der Waals surface area contributed by atoms with Gasteiger partial charge in [0.1, 0.15) is 0 Å². The van der Waals surface area contributed by atoms with Gasteiger partial charge in [0.05, 0.1) is 6.04 Å². The Labute approximate surface area is 125 Å². The maximum Gasteiger partial charge on any atom is 0.0671 e. The minimum absolute atomic E-state index is 0.319. The molecule has 2 aromatic rings. The van der Waals surface area contributed by atoms with Gasteiger partial charge in [-0.25, -0.2) is 0 Å². The summed E-state index contributed by atoms with van der Waals surface area (Å²) in [6.07, 6.45) is 3.97. The maximum atomic E-state index is 3.76. The average Bonchev–Trinajstić information content (AvgIpc) is 3.04. The minimum Gasteiger partial charge on any atom is -0.313 e. The van der Waals surface area contributed by atoms with E-state index in [1.165, 1.54) is 36.2 Å². The van der Waals surface area contributed by atoms with Crippen LogP contribution in [0.2, 0.25) is 0 Å². The van der Waals surface area contributed by atoms with E-state index in [1.807, 2.05) is 11.3 Å². The second kappa shape index (κ2) is 7.02. The molecule has 0 aliphatic carbocycles. The van der Waals surface area contributed by atoms with Gasteiger partial charge in [-0.1, -0.05) is 42.8 Å². The van der Waals surface area contributed by atoms with Crippen molar-refractivity contribution in [3.63, 3.8) is 0 Å². The number of hydrogen-bond acceptors (Lipinski definition) is 3. The van der Waals surface area contributed by atoms with Crippen LogP contribution >= 0.6 is 11.3 Å². The summed E-state index contributed by atoms with van der Waals surface area (Å²) in [5.41, 5.74) is 1.35. The Morgan fingerprint density at radius 1 is 1.15 bits per heavy atom. The van der Waals surface area contributed by atoms with Gasteiger partial charge in [-0.05, 0) is 36.4 Å². The van der Waals surface area contributed by atoms with Gasteiger partial charge in [0.2, 0.25) is 0 Å². The lowest BCUT2D eigenvalue weighted by Crippen LogP contribution is -2.42. The molecule has 3 heteroatoms. The zero-order valence-corrected chi connectivity index (χ0v) is 12.5. The smallest absolute Gasteiger partial charge is 0.0671 e. The highest BCUT2D eigenvalue weighted by molar-refractivity contribution is 7.10. The van der Waals surface area contributed by atoms with E-state index in [-0.39, 0.29) is 0 Å². The molecule has 0 amide bonds. The van der Waals surface area contributed by atoms with Gasteiger partial charge in [0.15, 0.2) is 0 Å². The minimum atomic E-state index is 0.319. The van der Waals surface area contributed by atoms with Crippen LogP contribution in [0.3, 0.4) is 0 Å². The Balaban J connectivity index is 1.69. The Kier molecular flexibility index (Phi) is 4.85. The molecule has 2 atom stereocenters. The molecule has 0 radical (unpaired) electrons. The van der Waals surface area contributed by atoms with E-state index >= 15 is 0 Å². The van der Waals surface area contributed by atoms with Crippen LogP contribution in [0.4, 0.5) is 0 Å². The molecule has 2 unspecified atom stereocenters. The third kappa shape index (κ3) is 3.48. The molecule has 0 spiro atoms. The van der Waals surface area contributed by atoms with E-state index in [4.69, 9.17) is 0 Å². The summed E-state index contributed by atoms with van der Waals surface area (Å²) in [7, 11) is 0. The first-order valence-corrected chi connectivity index (χ1v) is 8.36. The molecule has 0 saturated carbocycles. The molecular formula is C17H22N2S. The van der Waals surface area contributed by atoms with Gasteiger partial charge >= 0.3 is 0 Å². The van der Waals surface area contributed by atoms with E-state index in [9.17, 15) is 0 Å². The van der Waals surface area contributed by atoms with E-state index in [0.717, 1.165) is 6.54 Å². The fraction of sp³-hybridized carbons (Fsp3) is 0.412.